The van der Waals surface area contributed by atoms with Crippen molar-refractivity contribution in [3.8, 4) is 0 Å². The van der Waals surface area contributed by atoms with Crippen molar-refractivity contribution in [1.82, 2.24) is 0 Å². The molecule has 2 heterocycles. The molecule has 134 valence electrons. The molecular formula is C21H17BrN3O2+. The van der Waals surface area contributed by atoms with Crippen molar-refractivity contribution in [2.75, 3.05) is 10.2 Å². The van der Waals surface area contributed by atoms with Gasteiger partial charge in [0.15, 0.2) is 6.20 Å². The first-order valence-electron chi connectivity index (χ1n) is 8.55. The fourth-order valence-corrected chi connectivity index (χ4v) is 3.52. The highest BCUT2D eigenvalue weighted by atomic mass is 79.9. The fraction of sp³-hybridized carbons (Fsp3) is 0.0952. The van der Waals surface area contributed by atoms with Gasteiger partial charge in [0.05, 0.1) is 0 Å². The molecule has 3 aromatic rings. The van der Waals surface area contributed by atoms with Gasteiger partial charge in [0.25, 0.3) is 11.8 Å². The molecule has 0 bridgehead atoms. The van der Waals surface area contributed by atoms with E-state index in [1.165, 1.54) is 0 Å². The fourth-order valence-electron chi connectivity index (χ4n) is 3.26. The molecule has 1 N–H and O–H groups in total. The number of halogens is 1. The Hall–Kier alpha value is -2.99. The van der Waals surface area contributed by atoms with Gasteiger partial charge < -0.3 is 5.32 Å². The lowest BCUT2D eigenvalue weighted by Crippen LogP contribution is -2.58. The number of nitrogens with one attached hydrogen (secondary N) is 1. The maximum absolute atomic E-state index is 13.2. The van der Waals surface area contributed by atoms with Crippen LogP contribution in [0, 0.1) is 0 Å². The number of aromatic nitrogens is 1. The van der Waals surface area contributed by atoms with Crippen LogP contribution in [0.25, 0.3) is 0 Å². The molecule has 27 heavy (non-hydrogen) atoms. The van der Waals surface area contributed by atoms with Gasteiger partial charge in [-0.15, -0.1) is 0 Å². The normalized spacial score (nSPS) is 16.0. The number of para-hydroxylation sites is 1. The standard InChI is InChI=1S/C21H16BrN3O2/c22-15-9-11-17(12-10-15)25-19(26)14-24-13-5-4-8-18(24)20(25)21(27)23-16-6-2-1-3-7-16/h1-13,20H,14H2/p+1/t20-/m1/s1. The number of benzene rings is 2. The molecule has 0 unspecified atom stereocenters. The zero-order valence-corrected chi connectivity index (χ0v) is 16.0. The third-order valence-corrected chi connectivity index (χ3v) is 5.01. The topological polar surface area (TPSA) is 53.3 Å². The number of hydrogen-bond acceptors (Lipinski definition) is 2. The van der Waals surface area contributed by atoms with E-state index < -0.39 is 6.04 Å². The summed E-state index contributed by atoms with van der Waals surface area (Å²) in [5.74, 6) is -0.383. The Bertz CT molecular complexity index is 990. The Labute approximate surface area is 165 Å². The summed E-state index contributed by atoms with van der Waals surface area (Å²) in [6.07, 6.45) is 1.83. The van der Waals surface area contributed by atoms with Crippen molar-refractivity contribution < 1.29 is 14.2 Å². The van der Waals surface area contributed by atoms with Gasteiger partial charge in [0, 0.05) is 28.0 Å². The van der Waals surface area contributed by atoms with Gasteiger partial charge in [0.2, 0.25) is 18.3 Å². The zero-order chi connectivity index (χ0) is 18.8. The lowest BCUT2D eigenvalue weighted by molar-refractivity contribution is -0.695. The molecule has 0 radical (unpaired) electrons. The molecule has 2 aromatic carbocycles. The van der Waals surface area contributed by atoms with Crippen LogP contribution in [0.1, 0.15) is 11.7 Å². The highest BCUT2D eigenvalue weighted by Crippen LogP contribution is 2.30. The third-order valence-electron chi connectivity index (χ3n) is 4.48. The summed E-state index contributed by atoms with van der Waals surface area (Å²) >= 11 is 3.41. The van der Waals surface area contributed by atoms with E-state index in [0.717, 1.165) is 10.2 Å². The Morgan fingerprint density at radius 1 is 1.00 bits per heavy atom. The van der Waals surface area contributed by atoms with Crippen LogP contribution in [0.3, 0.4) is 0 Å². The first kappa shape index (κ1) is 17.4. The molecule has 6 heteroatoms. The summed E-state index contributed by atoms with van der Waals surface area (Å²) in [5.41, 5.74) is 2.15. The second-order valence-electron chi connectivity index (χ2n) is 6.25. The van der Waals surface area contributed by atoms with E-state index in [4.69, 9.17) is 0 Å². The van der Waals surface area contributed by atoms with Crippen LogP contribution in [0.2, 0.25) is 0 Å². The molecule has 0 fully saturated rings. The average Bonchev–Trinajstić information content (AvgIpc) is 2.68. The Morgan fingerprint density at radius 2 is 1.70 bits per heavy atom. The smallest absolute Gasteiger partial charge is 0.294 e. The van der Waals surface area contributed by atoms with Crippen LogP contribution in [-0.2, 0) is 16.1 Å². The number of carbonyl (C=O) groups excluding carboxylic acids is 2. The van der Waals surface area contributed by atoms with Crippen molar-refractivity contribution in [2.24, 2.45) is 0 Å². The minimum Gasteiger partial charge on any atom is -0.324 e. The lowest BCUT2D eigenvalue weighted by Gasteiger charge is -2.32. The molecule has 0 saturated heterocycles. The number of rotatable bonds is 3. The minimum absolute atomic E-state index is 0.130. The molecule has 0 saturated carbocycles. The Morgan fingerprint density at radius 3 is 2.44 bits per heavy atom. The van der Waals surface area contributed by atoms with E-state index in [0.29, 0.717) is 11.4 Å². The van der Waals surface area contributed by atoms with Crippen LogP contribution in [0.4, 0.5) is 11.4 Å². The first-order valence-corrected chi connectivity index (χ1v) is 9.35. The lowest BCUT2D eigenvalue weighted by atomic mass is 10.0. The average molecular weight is 423 g/mol. The summed E-state index contributed by atoms with van der Waals surface area (Å²) in [4.78, 5) is 27.7. The highest BCUT2D eigenvalue weighted by molar-refractivity contribution is 9.10. The van der Waals surface area contributed by atoms with E-state index in [9.17, 15) is 9.59 Å². The highest BCUT2D eigenvalue weighted by Gasteiger charge is 2.43. The minimum atomic E-state index is -0.756. The summed E-state index contributed by atoms with van der Waals surface area (Å²) in [6.45, 7) is 0.196. The molecule has 4 rings (SSSR count). The van der Waals surface area contributed by atoms with Crippen molar-refractivity contribution in [2.45, 2.75) is 12.6 Å². The number of fused-ring (bicyclic) bond motifs is 1. The van der Waals surface area contributed by atoms with E-state index >= 15 is 0 Å². The second-order valence-corrected chi connectivity index (χ2v) is 7.17. The van der Waals surface area contributed by atoms with Crippen molar-refractivity contribution in [1.29, 1.82) is 0 Å². The largest absolute Gasteiger partial charge is 0.324 e. The molecule has 5 nitrogen and oxygen atoms in total. The van der Waals surface area contributed by atoms with Gasteiger partial charge in [-0.1, -0.05) is 40.2 Å². The van der Waals surface area contributed by atoms with Gasteiger partial charge in [-0.2, -0.15) is 4.57 Å². The molecule has 1 aliphatic heterocycles. The number of hydrogen-bond donors (Lipinski definition) is 1. The van der Waals surface area contributed by atoms with E-state index in [1.54, 1.807) is 4.90 Å². The van der Waals surface area contributed by atoms with Crippen LogP contribution in [0.5, 0.6) is 0 Å². The Kier molecular flexibility index (Phi) is 4.73. The number of nitrogens with zero attached hydrogens (tertiary/aromatic N) is 2. The number of anilines is 2. The number of pyridine rings is 1. The van der Waals surface area contributed by atoms with Gasteiger partial charge in [0.1, 0.15) is 0 Å². The second kappa shape index (κ2) is 7.32. The summed E-state index contributed by atoms with van der Waals surface area (Å²) in [5, 5.41) is 2.93. The Balaban J connectivity index is 1.77. The van der Waals surface area contributed by atoms with E-state index in [-0.39, 0.29) is 18.4 Å². The monoisotopic (exact) mass is 422 g/mol. The van der Waals surface area contributed by atoms with Crippen molar-refractivity contribution >= 4 is 39.1 Å². The molecule has 0 aliphatic carbocycles. The van der Waals surface area contributed by atoms with Crippen LogP contribution >= 0.6 is 15.9 Å². The summed E-state index contributed by atoms with van der Waals surface area (Å²) < 4.78 is 2.74. The predicted molar refractivity (Wildman–Crippen MR) is 106 cm³/mol. The molecule has 1 aliphatic rings. The predicted octanol–water partition coefficient (Wildman–Crippen LogP) is 3.46. The van der Waals surface area contributed by atoms with Crippen LogP contribution in [-0.4, -0.2) is 11.8 Å². The molecule has 0 spiro atoms. The third kappa shape index (κ3) is 3.48. The quantitative estimate of drug-likeness (QED) is 0.657. The molecular weight excluding hydrogens is 406 g/mol. The SMILES string of the molecule is O=C(Nc1ccccc1)[C@H]1c2cccc[n+]2CC(=O)N1c1ccc(Br)cc1. The van der Waals surface area contributed by atoms with Crippen LogP contribution < -0.4 is 14.8 Å². The van der Waals surface area contributed by atoms with E-state index in [1.807, 2.05) is 83.6 Å². The number of carbonyl (C=O) groups is 2. The maximum Gasteiger partial charge on any atom is 0.294 e. The first-order chi connectivity index (χ1) is 13.1. The van der Waals surface area contributed by atoms with Gasteiger partial charge in [-0.05, 0) is 36.4 Å². The van der Waals surface area contributed by atoms with Gasteiger partial charge >= 0.3 is 0 Å². The summed E-state index contributed by atoms with van der Waals surface area (Å²) in [6, 6.07) is 21.5. The van der Waals surface area contributed by atoms with Gasteiger partial charge in [-0.25, -0.2) is 0 Å². The van der Waals surface area contributed by atoms with E-state index in [2.05, 4.69) is 21.2 Å². The van der Waals surface area contributed by atoms with Gasteiger partial charge in [-0.3, -0.25) is 14.5 Å². The zero-order valence-electron chi connectivity index (χ0n) is 14.4. The van der Waals surface area contributed by atoms with Crippen LogP contribution in [0.15, 0.2) is 83.5 Å². The molecule has 2 amide bonds. The van der Waals surface area contributed by atoms with Crippen molar-refractivity contribution in [3.63, 3.8) is 0 Å². The number of amides is 2. The maximum atomic E-state index is 13.2. The molecule has 1 atom stereocenters. The van der Waals surface area contributed by atoms with Crippen molar-refractivity contribution in [3.05, 3.63) is 89.2 Å². The summed E-state index contributed by atoms with van der Waals surface area (Å²) in [7, 11) is 0. The molecule has 1 aromatic heterocycles.